The SMILES string of the molecule is CCCN(CCNC(=O)OCc1ccccc1)C(=O)COC[C@@H](C)[C@@H](c1ccco1)N(C)C(=O)OC(C)(C)C. The number of ether oxygens (including phenoxy) is 3. The van der Waals surface area contributed by atoms with Crippen molar-refractivity contribution in [2.45, 2.75) is 59.3 Å². The van der Waals surface area contributed by atoms with Crippen molar-refractivity contribution in [3.05, 3.63) is 60.1 Å². The Morgan fingerprint density at radius 1 is 1.05 bits per heavy atom. The van der Waals surface area contributed by atoms with Crippen molar-refractivity contribution in [2.75, 3.05) is 39.9 Å². The van der Waals surface area contributed by atoms with Crippen molar-refractivity contribution in [2.24, 2.45) is 5.92 Å². The van der Waals surface area contributed by atoms with Gasteiger partial charge in [0.05, 0.1) is 18.9 Å². The van der Waals surface area contributed by atoms with Gasteiger partial charge in [-0.05, 0) is 44.9 Å². The van der Waals surface area contributed by atoms with Crippen LogP contribution in [0.2, 0.25) is 0 Å². The third kappa shape index (κ3) is 11.4. The number of furan rings is 1. The zero-order valence-corrected chi connectivity index (χ0v) is 24.0. The van der Waals surface area contributed by atoms with Crippen LogP contribution >= 0.6 is 0 Å². The van der Waals surface area contributed by atoms with Crippen molar-refractivity contribution in [1.82, 2.24) is 15.1 Å². The molecule has 1 aromatic heterocycles. The molecule has 0 aliphatic heterocycles. The van der Waals surface area contributed by atoms with E-state index in [0.29, 0.717) is 18.8 Å². The molecule has 1 N–H and O–H groups in total. The van der Waals surface area contributed by atoms with Crippen LogP contribution in [0.1, 0.15) is 58.4 Å². The lowest BCUT2D eigenvalue weighted by Gasteiger charge is -2.33. The number of rotatable bonds is 14. The fourth-order valence-corrected chi connectivity index (χ4v) is 3.97. The van der Waals surface area contributed by atoms with E-state index in [9.17, 15) is 14.4 Å². The fraction of sp³-hybridized carbons (Fsp3) is 0.552. The molecule has 10 nitrogen and oxygen atoms in total. The van der Waals surface area contributed by atoms with Crippen LogP contribution in [0, 0.1) is 5.92 Å². The van der Waals surface area contributed by atoms with Crippen molar-refractivity contribution in [3.8, 4) is 0 Å². The maximum atomic E-state index is 12.9. The van der Waals surface area contributed by atoms with Crippen molar-refractivity contribution in [3.63, 3.8) is 0 Å². The molecular weight excluding hydrogens is 502 g/mol. The van der Waals surface area contributed by atoms with Crippen LogP contribution in [0.15, 0.2) is 53.1 Å². The maximum Gasteiger partial charge on any atom is 0.410 e. The second kappa shape index (κ2) is 15.8. The standard InChI is InChI=1S/C29H43N3O7/c1-7-16-32(17-15-30-27(34)38-20-23-12-9-8-10-13-23)25(33)21-36-19-22(2)26(24-14-11-18-37-24)31(6)28(35)39-29(3,4)5/h8-14,18,22,26H,7,15-17,19-21H2,1-6H3,(H,30,34)/t22-,26+/m1/s1. The Bertz CT molecular complexity index is 1010. The minimum atomic E-state index is -0.637. The molecule has 0 aliphatic carbocycles. The van der Waals surface area contributed by atoms with E-state index >= 15 is 0 Å². The normalized spacial score (nSPS) is 12.8. The van der Waals surface area contributed by atoms with Gasteiger partial charge >= 0.3 is 12.2 Å². The Labute approximate surface area is 231 Å². The molecule has 2 atom stereocenters. The summed E-state index contributed by atoms with van der Waals surface area (Å²) in [6.07, 6.45) is 1.31. The number of hydrogen-bond donors (Lipinski definition) is 1. The molecule has 0 radical (unpaired) electrons. The first-order valence-corrected chi connectivity index (χ1v) is 13.3. The van der Waals surface area contributed by atoms with Crippen molar-refractivity contribution in [1.29, 1.82) is 0 Å². The molecular formula is C29H43N3O7. The predicted molar refractivity (Wildman–Crippen MR) is 147 cm³/mol. The first-order chi connectivity index (χ1) is 18.5. The van der Waals surface area contributed by atoms with E-state index in [2.05, 4.69) is 5.32 Å². The number of alkyl carbamates (subject to hydrolysis) is 1. The fourth-order valence-electron chi connectivity index (χ4n) is 3.97. The summed E-state index contributed by atoms with van der Waals surface area (Å²) in [6, 6.07) is 12.5. The monoisotopic (exact) mass is 545 g/mol. The Hall–Kier alpha value is -3.53. The number of hydrogen-bond acceptors (Lipinski definition) is 7. The van der Waals surface area contributed by atoms with E-state index in [4.69, 9.17) is 18.6 Å². The molecule has 2 aromatic rings. The van der Waals surface area contributed by atoms with E-state index in [0.717, 1.165) is 12.0 Å². The highest BCUT2D eigenvalue weighted by Gasteiger charge is 2.32. The Morgan fingerprint density at radius 2 is 1.77 bits per heavy atom. The molecule has 39 heavy (non-hydrogen) atoms. The van der Waals surface area contributed by atoms with Gasteiger partial charge in [0.25, 0.3) is 0 Å². The van der Waals surface area contributed by atoms with Crippen LogP contribution in [-0.4, -0.2) is 73.4 Å². The maximum absolute atomic E-state index is 12.9. The number of carbonyl (C=O) groups is 3. The van der Waals surface area contributed by atoms with Gasteiger partial charge in [0, 0.05) is 32.6 Å². The van der Waals surface area contributed by atoms with Gasteiger partial charge in [-0.1, -0.05) is 44.2 Å². The minimum Gasteiger partial charge on any atom is -0.467 e. The molecule has 0 bridgehead atoms. The molecule has 1 aromatic carbocycles. The minimum absolute atomic E-state index is 0.121. The smallest absolute Gasteiger partial charge is 0.410 e. The van der Waals surface area contributed by atoms with E-state index in [1.54, 1.807) is 30.3 Å². The second-order valence-corrected chi connectivity index (χ2v) is 10.4. The number of amides is 3. The predicted octanol–water partition coefficient (Wildman–Crippen LogP) is 5.01. The summed E-state index contributed by atoms with van der Waals surface area (Å²) >= 11 is 0. The molecule has 0 saturated heterocycles. The van der Waals surface area contributed by atoms with Crippen LogP contribution in [0.3, 0.4) is 0 Å². The second-order valence-electron chi connectivity index (χ2n) is 10.4. The van der Waals surface area contributed by atoms with Crippen LogP contribution in [0.25, 0.3) is 0 Å². The summed E-state index contributed by atoms with van der Waals surface area (Å²) in [5.74, 6) is 0.226. The largest absolute Gasteiger partial charge is 0.467 e. The molecule has 0 unspecified atom stereocenters. The summed E-state index contributed by atoms with van der Waals surface area (Å²) < 4.78 is 22.1. The number of nitrogens with one attached hydrogen (secondary N) is 1. The van der Waals surface area contributed by atoms with Gasteiger partial charge in [-0.25, -0.2) is 9.59 Å². The molecule has 0 aliphatic rings. The van der Waals surface area contributed by atoms with Gasteiger partial charge in [0.15, 0.2) is 0 Å². The average molecular weight is 546 g/mol. The Balaban J connectivity index is 1.84. The summed E-state index contributed by atoms with van der Waals surface area (Å²) in [4.78, 5) is 40.7. The third-order valence-corrected chi connectivity index (χ3v) is 5.79. The highest BCUT2D eigenvalue weighted by Crippen LogP contribution is 2.30. The molecule has 0 fully saturated rings. The molecule has 3 amide bonds. The van der Waals surface area contributed by atoms with Gasteiger partial charge in [0.2, 0.25) is 5.91 Å². The Kier molecular flexibility index (Phi) is 12.8. The van der Waals surface area contributed by atoms with Gasteiger partial charge in [0.1, 0.15) is 24.6 Å². The zero-order valence-electron chi connectivity index (χ0n) is 24.0. The summed E-state index contributed by atoms with van der Waals surface area (Å²) in [5, 5.41) is 2.69. The van der Waals surface area contributed by atoms with E-state index in [-0.39, 0.29) is 38.2 Å². The first-order valence-electron chi connectivity index (χ1n) is 13.3. The lowest BCUT2D eigenvalue weighted by atomic mass is 9.99. The van der Waals surface area contributed by atoms with Crippen LogP contribution < -0.4 is 5.32 Å². The third-order valence-electron chi connectivity index (χ3n) is 5.79. The molecule has 216 valence electrons. The highest BCUT2D eigenvalue weighted by molar-refractivity contribution is 5.77. The molecule has 0 spiro atoms. The van der Waals surface area contributed by atoms with Crippen molar-refractivity contribution < 1.29 is 33.0 Å². The molecule has 0 saturated carbocycles. The zero-order chi connectivity index (χ0) is 28.8. The van der Waals surface area contributed by atoms with Gasteiger partial charge in [-0.15, -0.1) is 0 Å². The lowest BCUT2D eigenvalue weighted by molar-refractivity contribution is -0.136. The van der Waals surface area contributed by atoms with Crippen LogP contribution in [0.5, 0.6) is 0 Å². The van der Waals surface area contributed by atoms with E-state index in [1.165, 1.54) is 4.90 Å². The van der Waals surface area contributed by atoms with Crippen LogP contribution in [0.4, 0.5) is 9.59 Å². The summed E-state index contributed by atoms with van der Waals surface area (Å²) in [6.45, 7) is 10.7. The quantitative estimate of drug-likeness (QED) is 0.355. The number of benzene rings is 1. The topological polar surface area (TPSA) is 111 Å². The summed E-state index contributed by atoms with van der Waals surface area (Å²) in [5.41, 5.74) is 0.259. The molecule has 2 rings (SSSR count). The lowest BCUT2D eigenvalue weighted by Crippen LogP contribution is -2.41. The summed E-state index contributed by atoms with van der Waals surface area (Å²) in [7, 11) is 1.66. The molecule has 10 heteroatoms. The van der Waals surface area contributed by atoms with Gasteiger partial charge in [-0.2, -0.15) is 0 Å². The Morgan fingerprint density at radius 3 is 2.38 bits per heavy atom. The molecule has 1 heterocycles. The number of nitrogens with zero attached hydrogens (tertiary/aromatic N) is 2. The van der Waals surface area contributed by atoms with Gasteiger partial charge < -0.3 is 33.7 Å². The highest BCUT2D eigenvalue weighted by atomic mass is 16.6. The van der Waals surface area contributed by atoms with Crippen LogP contribution in [-0.2, 0) is 25.6 Å². The van der Waals surface area contributed by atoms with E-state index < -0.39 is 23.8 Å². The average Bonchev–Trinajstić information content (AvgIpc) is 3.41. The van der Waals surface area contributed by atoms with E-state index in [1.807, 2.05) is 65.0 Å². The van der Waals surface area contributed by atoms with Crippen molar-refractivity contribution >= 4 is 18.1 Å². The first kappa shape index (κ1) is 31.7. The number of carbonyl (C=O) groups excluding carboxylic acids is 3. The van der Waals surface area contributed by atoms with Gasteiger partial charge in [-0.3, -0.25) is 4.79 Å².